The summed E-state index contributed by atoms with van der Waals surface area (Å²) in [6, 6.07) is 12.3. The van der Waals surface area contributed by atoms with Crippen molar-refractivity contribution in [1.82, 2.24) is 0 Å². The lowest BCUT2D eigenvalue weighted by Gasteiger charge is -2.23. The average molecular weight is 365 g/mol. The normalized spacial score (nSPS) is 16.8. The fourth-order valence-corrected chi connectivity index (χ4v) is 3.73. The van der Waals surface area contributed by atoms with E-state index in [2.05, 4.69) is 4.72 Å². The van der Waals surface area contributed by atoms with E-state index in [9.17, 15) is 13.2 Å². The first-order valence-corrected chi connectivity index (χ1v) is 9.72. The van der Waals surface area contributed by atoms with Gasteiger partial charge in [0.15, 0.2) is 0 Å². The van der Waals surface area contributed by atoms with Crippen LogP contribution in [0.4, 0.5) is 11.4 Å². The van der Waals surface area contributed by atoms with E-state index in [0.717, 1.165) is 23.9 Å². The molecule has 0 saturated carbocycles. The Morgan fingerprint density at radius 2 is 1.96 bits per heavy atom. The second-order valence-corrected chi connectivity index (χ2v) is 8.08. The summed E-state index contributed by atoms with van der Waals surface area (Å²) in [4.78, 5) is 14.7. The van der Waals surface area contributed by atoms with Crippen molar-refractivity contribution >= 4 is 38.9 Å². The minimum absolute atomic E-state index is 0.0116. The highest BCUT2D eigenvalue weighted by Gasteiger charge is 2.32. The molecule has 0 fully saturated rings. The molecule has 1 aliphatic heterocycles. The Morgan fingerprint density at radius 3 is 2.67 bits per heavy atom. The number of nitrogens with one attached hydrogen (secondary N) is 1. The number of carbonyl (C=O) groups excluding carboxylic acids is 1. The summed E-state index contributed by atoms with van der Waals surface area (Å²) in [7, 11) is -3.43. The fourth-order valence-electron chi connectivity index (χ4n) is 2.97. The van der Waals surface area contributed by atoms with E-state index < -0.39 is 10.0 Å². The molecule has 1 heterocycles. The number of rotatable bonds is 3. The molecule has 126 valence electrons. The van der Waals surface area contributed by atoms with Crippen molar-refractivity contribution in [3.05, 3.63) is 58.6 Å². The number of sulfonamides is 1. The molecule has 1 atom stereocenters. The molecule has 0 saturated heterocycles. The van der Waals surface area contributed by atoms with Gasteiger partial charge in [-0.3, -0.25) is 9.52 Å². The van der Waals surface area contributed by atoms with Crippen LogP contribution in [0.25, 0.3) is 0 Å². The highest BCUT2D eigenvalue weighted by atomic mass is 35.5. The molecule has 5 nitrogen and oxygen atoms in total. The third-order valence-electron chi connectivity index (χ3n) is 3.93. The molecule has 1 aliphatic rings. The largest absolute Gasteiger partial charge is 0.305 e. The van der Waals surface area contributed by atoms with Crippen molar-refractivity contribution in [1.29, 1.82) is 0 Å². The first kappa shape index (κ1) is 16.8. The molecule has 1 N–H and O–H groups in total. The van der Waals surface area contributed by atoms with Crippen LogP contribution in [-0.4, -0.2) is 26.6 Å². The van der Waals surface area contributed by atoms with Crippen molar-refractivity contribution < 1.29 is 13.2 Å². The van der Waals surface area contributed by atoms with Gasteiger partial charge in [-0.15, -0.1) is 0 Å². The number of hydrogen-bond acceptors (Lipinski definition) is 3. The molecule has 1 amide bonds. The van der Waals surface area contributed by atoms with Gasteiger partial charge in [-0.1, -0.05) is 29.8 Å². The number of nitrogens with zero attached hydrogens (tertiary/aromatic N) is 1. The van der Waals surface area contributed by atoms with E-state index in [1.165, 1.54) is 18.2 Å². The molecule has 0 bridgehead atoms. The summed E-state index contributed by atoms with van der Waals surface area (Å²) in [5.41, 5.74) is 2.56. The van der Waals surface area contributed by atoms with Crippen molar-refractivity contribution in [2.45, 2.75) is 19.4 Å². The smallest absolute Gasteiger partial charge is 0.260 e. The summed E-state index contributed by atoms with van der Waals surface area (Å²) >= 11 is 6.19. The van der Waals surface area contributed by atoms with E-state index in [1.54, 1.807) is 4.90 Å². The van der Waals surface area contributed by atoms with Crippen LogP contribution in [0.1, 0.15) is 22.8 Å². The molecule has 24 heavy (non-hydrogen) atoms. The number of amides is 1. The average Bonchev–Trinajstić information content (AvgIpc) is 2.83. The van der Waals surface area contributed by atoms with E-state index in [0.29, 0.717) is 5.69 Å². The zero-order valence-electron chi connectivity index (χ0n) is 13.3. The highest BCUT2D eigenvalue weighted by Crippen LogP contribution is 2.34. The first-order valence-electron chi connectivity index (χ1n) is 7.45. The molecule has 7 heteroatoms. The van der Waals surface area contributed by atoms with Crippen molar-refractivity contribution in [2.24, 2.45) is 0 Å². The van der Waals surface area contributed by atoms with Gasteiger partial charge in [-0.25, -0.2) is 8.42 Å². The van der Waals surface area contributed by atoms with Crippen LogP contribution in [0.5, 0.6) is 0 Å². The minimum atomic E-state index is -3.43. The van der Waals surface area contributed by atoms with Crippen molar-refractivity contribution in [2.75, 3.05) is 15.9 Å². The number of para-hydroxylation sites is 1. The number of hydrogen-bond donors (Lipinski definition) is 1. The highest BCUT2D eigenvalue weighted by molar-refractivity contribution is 7.92. The van der Waals surface area contributed by atoms with Crippen LogP contribution in [0, 0.1) is 0 Å². The lowest BCUT2D eigenvalue weighted by Crippen LogP contribution is -2.35. The Hall–Kier alpha value is -2.05. The molecule has 0 aromatic heterocycles. The van der Waals surface area contributed by atoms with Crippen LogP contribution in [0.2, 0.25) is 5.02 Å². The lowest BCUT2D eigenvalue weighted by molar-refractivity contribution is 0.0981. The Balaban J connectivity index is 2.00. The zero-order chi connectivity index (χ0) is 17.5. The molecular formula is C17H17ClN2O3S. The second kappa shape index (κ2) is 6.11. The number of fused-ring (bicyclic) bond motifs is 1. The van der Waals surface area contributed by atoms with Crippen molar-refractivity contribution in [3.63, 3.8) is 0 Å². The molecule has 3 rings (SSSR count). The predicted molar refractivity (Wildman–Crippen MR) is 96.3 cm³/mol. The van der Waals surface area contributed by atoms with Gasteiger partial charge < -0.3 is 4.90 Å². The molecular weight excluding hydrogens is 348 g/mol. The Labute approximate surface area is 146 Å². The summed E-state index contributed by atoms with van der Waals surface area (Å²) in [6.07, 6.45) is 1.84. The minimum Gasteiger partial charge on any atom is -0.305 e. The summed E-state index contributed by atoms with van der Waals surface area (Å²) in [6.45, 7) is 1.98. The van der Waals surface area contributed by atoms with Crippen molar-refractivity contribution in [3.8, 4) is 0 Å². The fraction of sp³-hybridized carbons (Fsp3) is 0.235. The number of halogens is 1. The Kier molecular flexibility index (Phi) is 4.27. The maximum Gasteiger partial charge on any atom is 0.260 e. The zero-order valence-corrected chi connectivity index (χ0v) is 14.9. The quantitative estimate of drug-likeness (QED) is 0.908. The van der Waals surface area contributed by atoms with Gasteiger partial charge in [-0.05, 0) is 43.2 Å². The third kappa shape index (κ3) is 3.25. The van der Waals surface area contributed by atoms with E-state index in [-0.39, 0.29) is 22.5 Å². The predicted octanol–water partition coefficient (Wildman–Crippen LogP) is 3.30. The third-order valence-corrected chi connectivity index (χ3v) is 4.86. The number of benzene rings is 2. The van der Waals surface area contributed by atoms with Gasteiger partial charge in [0, 0.05) is 17.4 Å². The topological polar surface area (TPSA) is 66.5 Å². The van der Waals surface area contributed by atoms with Gasteiger partial charge in [0.25, 0.3) is 5.91 Å². The van der Waals surface area contributed by atoms with E-state index in [1.807, 2.05) is 31.2 Å². The number of anilines is 2. The van der Waals surface area contributed by atoms with Gasteiger partial charge in [0.2, 0.25) is 10.0 Å². The first-order chi connectivity index (χ1) is 11.3. The second-order valence-electron chi connectivity index (χ2n) is 5.93. The van der Waals surface area contributed by atoms with Crippen LogP contribution in [0.15, 0.2) is 42.5 Å². The maximum absolute atomic E-state index is 13.0. The Bertz CT molecular complexity index is 912. The summed E-state index contributed by atoms with van der Waals surface area (Å²) in [5.74, 6) is -0.241. The monoisotopic (exact) mass is 364 g/mol. The maximum atomic E-state index is 13.0. The van der Waals surface area contributed by atoms with Crippen LogP contribution in [-0.2, 0) is 16.4 Å². The van der Waals surface area contributed by atoms with Gasteiger partial charge in [0.05, 0.1) is 16.8 Å². The van der Waals surface area contributed by atoms with Gasteiger partial charge >= 0.3 is 0 Å². The molecule has 0 radical (unpaired) electrons. The molecule has 0 aliphatic carbocycles. The summed E-state index contributed by atoms with van der Waals surface area (Å²) in [5, 5.41) is 0.288. The molecule has 2 aromatic carbocycles. The van der Waals surface area contributed by atoms with Crippen LogP contribution < -0.4 is 9.62 Å². The summed E-state index contributed by atoms with van der Waals surface area (Å²) < 4.78 is 25.2. The molecule has 1 unspecified atom stereocenters. The van der Waals surface area contributed by atoms with E-state index in [4.69, 9.17) is 11.6 Å². The molecule has 2 aromatic rings. The lowest BCUT2D eigenvalue weighted by atomic mass is 10.1. The number of carbonyl (C=O) groups is 1. The molecule has 0 spiro atoms. The Morgan fingerprint density at radius 1 is 1.25 bits per heavy atom. The standard InChI is InChI=1S/C17H17ClN2O3S/c1-11-9-12-5-3-4-6-16(12)20(11)17(21)14-10-13(7-8-15(14)18)19-24(2,22)23/h3-8,10-11,19H,9H2,1-2H3. The van der Waals surface area contributed by atoms with Crippen LogP contribution >= 0.6 is 11.6 Å². The van der Waals surface area contributed by atoms with Crippen LogP contribution in [0.3, 0.4) is 0 Å². The SMILES string of the molecule is CC1Cc2ccccc2N1C(=O)c1cc(NS(C)(=O)=O)ccc1Cl. The van der Waals surface area contributed by atoms with Gasteiger partial charge in [-0.2, -0.15) is 0 Å². The van der Waals surface area contributed by atoms with E-state index >= 15 is 0 Å². The van der Waals surface area contributed by atoms with Gasteiger partial charge in [0.1, 0.15) is 0 Å².